The lowest BCUT2D eigenvalue weighted by Gasteiger charge is -2.41. The number of carbonyl (C=O) groups is 1. The summed E-state index contributed by atoms with van der Waals surface area (Å²) in [6.45, 7) is 1.93. The molecular weight excluding hydrogens is 246 g/mol. The van der Waals surface area contributed by atoms with Gasteiger partial charge in [-0.1, -0.05) is 18.8 Å². The van der Waals surface area contributed by atoms with E-state index in [1.807, 2.05) is 11.4 Å². The first-order chi connectivity index (χ1) is 8.71. The lowest BCUT2D eigenvalue weighted by molar-refractivity contribution is 0.0824. The van der Waals surface area contributed by atoms with Crippen molar-refractivity contribution in [3.63, 3.8) is 0 Å². The molecular formula is C14H17NO2S. The molecule has 18 heavy (non-hydrogen) atoms. The average Bonchev–Trinajstić information content (AvgIpc) is 2.79. The highest BCUT2D eigenvalue weighted by atomic mass is 32.1. The van der Waals surface area contributed by atoms with Crippen LogP contribution in [0.3, 0.4) is 0 Å². The first-order valence-electron chi connectivity index (χ1n) is 6.20. The number of amides is 1. The zero-order valence-electron chi connectivity index (χ0n) is 10.5. The van der Waals surface area contributed by atoms with Crippen molar-refractivity contribution in [1.29, 1.82) is 0 Å². The largest absolute Gasteiger partial charge is 0.384 e. The number of carbonyl (C=O) groups excluding carboxylic acids is 1. The van der Waals surface area contributed by atoms with Crippen molar-refractivity contribution in [1.82, 2.24) is 5.32 Å². The molecule has 2 rings (SSSR count). The maximum Gasteiger partial charge on any atom is 0.263 e. The second kappa shape index (κ2) is 5.55. The quantitative estimate of drug-likeness (QED) is 0.821. The van der Waals surface area contributed by atoms with Gasteiger partial charge in [0.1, 0.15) is 11.5 Å². The molecule has 0 saturated heterocycles. The van der Waals surface area contributed by atoms with Crippen molar-refractivity contribution >= 4 is 17.2 Å². The Kier molecular flexibility index (Phi) is 4.05. The first kappa shape index (κ1) is 13.1. The van der Waals surface area contributed by atoms with Crippen LogP contribution < -0.4 is 5.32 Å². The fourth-order valence-corrected chi connectivity index (χ4v) is 2.93. The molecule has 0 unspecified atom stereocenters. The van der Waals surface area contributed by atoms with Crippen LogP contribution in [0.15, 0.2) is 11.4 Å². The first-order valence-corrected chi connectivity index (χ1v) is 7.08. The van der Waals surface area contributed by atoms with E-state index in [0.29, 0.717) is 10.4 Å². The SMILES string of the molecule is CCC1(NC(=O)c2sccc2C#CCO)CCC1. The van der Waals surface area contributed by atoms with Gasteiger partial charge in [0.25, 0.3) is 5.91 Å². The molecule has 1 aromatic rings. The molecule has 1 aliphatic carbocycles. The van der Waals surface area contributed by atoms with Gasteiger partial charge >= 0.3 is 0 Å². The molecule has 1 heterocycles. The molecule has 0 atom stereocenters. The normalized spacial score (nSPS) is 16.3. The van der Waals surface area contributed by atoms with E-state index in [9.17, 15) is 4.79 Å². The minimum atomic E-state index is -0.185. The molecule has 96 valence electrons. The second-order valence-electron chi connectivity index (χ2n) is 4.56. The van der Waals surface area contributed by atoms with E-state index in [4.69, 9.17) is 5.11 Å². The Morgan fingerprint density at radius 2 is 2.39 bits per heavy atom. The van der Waals surface area contributed by atoms with E-state index in [1.165, 1.54) is 17.8 Å². The summed E-state index contributed by atoms with van der Waals surface area (Å²) in [6.07, 6.45) is 4.30. The lowest BCUT2D eigenvalue weighted by atomic mass is 9.75. The van der Waals surface area contributed by atoms with Crippen molar-refractivity contribution in [2.24, 2.45) is 0 Å². The maximum atomic E-state index is 12.2. The van der Waals surface area contributed by atoms with E-state index in [0.717, 1.165) is 19.3 Å². The van der Waals surface area contributed by atoms with Crippen LogP contribution in [-0.4, -0.2) is 23.2 Å². The third-order valence-corrected chi connectivity index (χ3v) is 4.45. The highest BCUT2D eigenvalue weighted by molar-refractivity contribution is 7.12. The van der Waals surface area contributed by atoms with Crippen LogP contribution in [0.2, 0.25) is 0 Å². The van der Waals surface area contributed by atoms with Crippen molar-refractivity contribution in [3.05, 3.63) is 21.9 Å². The Morgan fingerprint density at radius 1 is 1.61 bits per heavy atom. The molecule has 0 aromatic carbocycles. The van der Waals surface area contributed by atoms with Crippen LogP contribution in [0.5, 0.6) is 0 Å². The summed E-state index contributed by atoms with van der Waals surface area (Å²) in [6, 6.07) is 1.82. The lowest BCUT2D eigenvalue weighted by Crippen LogP contribution is -2.52. The van der Waals surface area contributed by atoms with Gasteiger partial charge in [-0.3, -0.25) is 4.79 Å². The van der Waals surface area contributed by atoms with Gasteiger partial charge in [-0.25, -0.2) is 0 Å². The molecule has 4 heteroatoms. The van der Waals surface area contributed by atoms with Crippen molar-refractivity contribution in [3.8, 4) is 11.8 Å². The summed E-state index contributed by atoms with van der Waals surface area (Å²) in [5.41, 5.74) is 0.708. The summed E-state index contributed by atoms with van der Waals surface area (Å²) in [5, 5.41) is 13.7. The van der Waals surface area contributed by atoms with Crippen LogP contribution in [0.4, 0.5) is 0 Å². The number of hydrogen-bond donors (Lipinski definition) is 2. The molecule has 2 N–H and O–H groups in total. The summed E-state index contributed by atoms with van der Waals surface area (Å²) in [4.78, 5) is 12.9. The topological polar surface area (TPSA) is 49.3 Å². The number of aliphatic hydroxyl groups is 1. The van der Waals surface area contributed by atoms with Gasteiger partial charge in [0.2, 0.25) is 0 Å². The van der Waals surface area contributed by atoms with Crippen LogP contribution in [0.1, 0.15) is 47.8 Å². The van der Waals surface area contributed by atoms with E-state index >= 15 is 0 Å². The van der Waals surface area contributed by atoms with Crippen molar-refractivity contribution < 1.29 is 9.90 Å². The Balaban J connectivity index is 2.11. The molecule has 3 nitrogen and oxygen atoms in total. The third kappa shape index (κ3) is 2.58. The number of nitrogens with one attached hydrogen (secondary N) is 1. The number of rotatable bonds is 3. The minimum Gasteiger partial charge on any atom is -0.384 e. The fourth-order valence-electron chi connectivity index (χ4n) is 2.19. The molecule has 0 spiro atoms. The molecule has 1 fully saturated rings. The smallest absolute Gasteiger partial charge is 0.263 e. The third-order valence-electron chi connectivity index (χ3n) is 3.54. The summed E-state index contributed by atoms with van der Waals surface area (Å²) < 4.78 is 0. The number of aliphatic hydroxyl groups excluding tert-OH is 1. The van der Waals surface area contributed by atoms with Gasteiger partial charge in [0.15, 0.2) is 0 Å². The van der Waals surface area contributed by atoms with Crippen LogP contribution in [0, 0.1) is 11.8 Å². The van der Waals surface area contributed by atoms with E-state index < -0.39 is 0 Å². The van der Waals surface area contributed by atoms with E-state index in [-0.39, 0.29) is 18.1 Å². The van der Waals surface area contributed by atoms with Crippen LogP contribution in [0.25, 0.3) is 0 Å². The Bertz CT molecular complexity index is 486. The van der Waals surface area contributed by atoms with Gasteiger partial charge in [-0.05, 0) is 37.1 Å². The second-order valence-corrected chi connectivity index (χ2v) is 5.48. The van der Waals surface area contributed by atoms with E-state index in [2.05, 4.69) is 24.1 Å². The monoisotopic (exact) mass is 263 g/mol. The standard InChI is InChI=1S/C14H17NO2S/c1-2-14(7-4-8-14)15-13(17)12-11(5-3-9-16)6-10-18-12/h6,10,16H,2,4,7-9H2,1H3,(H,15,17). The maximum absolute atomic E-state index is 12.2. The predicted molar refractivity (Wildman–Crippen MR) is 72.6 cm³/mol. The van der Waals surface area contributed by atoms with Crippen LogP contribution >= 0.6 is 11.3 Å². The number of thiophene rings is 1. The minimum absolute atomic E-state index is 0.00273. The molecule has 0 radical (unpaired) electrons. The summed E-state index contributed by atoms with van der Waals surface area (Å²) in [7, 11) is 0. The van der Waals surface area contributed by atoms with Crippen molar-refractivity contribution in [2.45, 2.75) is 38.1 Å². The van der Waals surface area contributed by atoms with Crippen molar-refractivity contribution in [2.75, 3.05) is 6.61 Å². The van der Waals surface area contributed by atoms with Gasteiger partial charge < -0.3 is 10.4 Å². The van der Waals surface area contributed by atoms with E-state index in [1.54, 1.807) is 0 Å². The Morgan fingerprint density at radius 3 is 2.94 bits per heavy atom. The Hall–Kier alpha value is -1.31. The van der Waals surface area contributed by atoms with Gasteiger partial charge in [0.05, 0.1) is 0 Å². The van der Waals surface area contributed by atoms with Crippen LogP contribution in [-0.2, 0) is 0 Å². The Labute approximate surface area is 111 Å². The molecule has 1 aliphatic rings. The average molecular weight is 263 g/mol. The molecule has 0 aliphatic heterocycles. The zero-order chi connectivity index (χ0) is 13.0. The van der Waals surface area contributed by atoms with Gasteiger partial charge in [-0.15, -0.1) is 11.3 Å². The zero-order valence-corrected chi connectivity index (χ0v) is 11.3. The molecule has 1 saturated carbocycles. The molecule has 0 bridgehead atoms. The highest BCUT2D eigenvalue weighted by Gasteiger charge is 2.37. The van der Waals surface area contributed by atoms with Gasteiger partial charge in [0, 0.05) is 11.1 Å². The van der Waals surface area contributed by atoms with Gasteiger partial charge in [-0.2, -0.15) is 0 Å². The summed E-state index contributed by atoms with van der Waals surface area (Å²) >= 11 is 1.40. The highest BCUT2D eigenvalue weighted by Crippen LogP contribution is 2.35. The summed E-state index contributed by atoms with van der Waals surface area (Å²) in [5.74, 6) is 5.36. The molecule has 1 amide bonds. The fraction of sp³-hybridized carbons (Fsp3) is 0.500. The predicted octanol–water partition coefficient (Wildman–Crippen LogP) is 2.15. The molecule has 1 aromatic heterocycles. The number of hydrogen-bond acceptors (Lipinski definition) is 3.